The smallest absolute Gasteiger partial charge is 0.138 e. The molecule has 0 aliphatic carbocycles. The van der Waals surface area contributed by atoms with Gasteiger partial charge in [0.15, 0.2) is 0 Å². The molecule has 0 heterocycles. The lowest BCUT2D eigenvalue weighted by Crippen LogP contribution is -2.44. The van der Waals surface area contributed by atoms with Gasteiger partial charge in [0.2, 0.25) is 0 Å². The van der Waals surface area contributed by atoms with Gasteiger partial charge in [0, 0.05) is 11.8 Å². The second kappa shape index (κ2) is 7.68. The molecule has 0 aliphatic heterocycles. The molecule has 1 N–H and O–H groups in total. The zero-order chi connectivity index (χ0) is 18.7. The van der Waals surface area contributed by atoms with Crippen molar-refractivity contribution >= 4 is 5.78 Å². The Kier molecular flexibility index (Phi) is 7.55. The van der Waals surface area contributed by atoms with Gasteiger partial charge in [0.1, 0.15) is 5.78 Å². The molecule has 2 heteroatoms. The molecule has 0 radical (unpaired) electrons. The molecule has 0 rings (SSSR count). The lowest BCUT2D eigenvalue weighted by atomic mass is 9.64. The molecule has 23 heavy (non-hydrogen) atoms. The van der Waals surface area contributed by atoms with Gasteiger partial charge in [0.05, 0.1) is 5.60 Å². The van der Waals surface area contributed by atoms with E-state index in [2.05, 4.69) is 41.5 Å². The summed E-state index contributed by atoms with van der Waals surface area (Å²) in [5.41, 5.74) is -1.18. The lowest BCUT2D eigenvalue weighted by molar-refractivity contribution is -0.133. The van der Waals surface area contributed by atoms with Crippen molar-refractivity contribution in [1.82, 2.24) is 0 Å². The fourth-order valence-corrected chi connectivity index (χ4v) is 3.24. The zero-order valence-corrected chi connectivity index (χ0v) is 17.5. The fourth-order valence-electron chi connectivity index (χ4n) is 3.24. The molecule has 0 saturated heterocycles. The lowest BCUT2D eigenvalue weighted by Gasteiger charge is -2.42. The van der Waals surface area contributed by atoms with Crippen LogP contribution in [0.25, 0.3) is 0 Å². The van der Waals surface area contributed by atoms with Crippen LogP contribution < -0.4 is 0 Å². The average molecular weight is 327 g/mol. The van der Waals surface area contributed by atoms with Crippen LogP contribution in [0.2, 0.25) is 0 Å². The number of ketones is 1. The number of carbonyl (C=O) groups excluding carboxylic acids is 1. The molecule has 138 valence electrons. The molecule has 2 nitrogen and oxygen atoms in total. The molecule has 0 saturated carbocycles. The van der Waals surface area contributed by atoms with E-state index in [4.69, 9.17) is 0 Å². The minimum absolute atomic E-state index is 0.295. The minimum atomic E-state index is -0.793. The van der Waals surface area contributed by atoms with Crippen molar-refractivity contribution in [3.63, 3.8) is 0 Å². The van der Waals surface area contributed by atoms with Crippen LogP contribution in [0, 0.1) is 22.2 Å². The molecule has 0 aromatic heterocycles. The third kappa shape index (κ3) is 6.95. The number of Topliss-reactive ketones (excluding diaryl/α,β-unsaturated/α-hetero) is 1. The number of carbonyl (C=O) groups is 1. The van der Waals surface area contributed by atoms with E-state index in [0.717, 1.165) is 19.3 Å². The normalized spacial score (nSPS) is 15.6. The van der Waals surface area contributed by atoms with Crippen molar-refractivity contribution < 1.29 is 9.90 Å². The van der Waals surface area contributed by atoms with Crippen molar-refractivity contribution in [3.8, 4) is 0 Å². The van der Waals surface area contributed by atoms with E-state index in [9.17, 15) is 9.90 Å². The van der Waals surface area contributed by atoms with E-state index in [0.29, 0.717) is 30.0 Å². The molecule has 1 atom stereocenters. The topological polar surface area (TPSA) is 37.3 Å². The Labute approximate surface area is 145 Å². The van der Waals surface area contributed by atoms with Crippen LogP contribution >= 0.6 is 0 Å². The van der Waals surface area contributed by atoms with Gasteiger partial charge < -0.3 is 5.11 Å². The predicted octanol–water partition coefficient (Wildman–Crippen LogP) is 6.01. The fraction of sp³-hybridized carbons (Fsp3) is 0.952. The van der Waals surface area contributed by atoms with Crippen LogP contribution in [-0.4, -0.2) is 16.5 Å². The molecule has 0 aliphatic rings. The molecule has 0 spiro atoms. The molecule has 0 aromatic carbocycles. The van der Waals surface area contributed by atoms with Gasteiger partial charge >= 0.3 is 0 Å². The molecular weight excluding hydrogens is 284 g/mol. The van der Waals surface area contributed by atoms with Gasteiger partial charge in [0.25, 0.3) is 0 Å². The van der Waals surface area contributed by atoms with E-state index in [1.165, 1.54) is 0 Å². The van der Waals surface area contributed by atoms with Crippen LogP contribution in [-0.2, 0) is 4.79 Å². The predicted molar refractivity (Wildman–Crippen MR) is 101 cm³/mol. The van der Waals surface area contributed by atoms with Crippen molar-refractivity contribution in [3.05, 3.63) is 0 Å². The third-order valence-corrected chi connectivity index (χ3v) is 6.14. The second-order valence-electron chi connectivity index (χ2n) is 10.1. The number of rotatable bonds is 10. The highest BCUT2D eigenvalue weighted by Gasteiger charge is 2.42. The zero-order valence-electron chi connectivity index (χ0n) is 17.5. The van der Waals surface area contributed by atoms with Crippen molar-refractivity contribution in [2.45, 2.75) is 107 Å². The molecule has 0 aromatic rings. The number of aliphatic hydroxyl groups is 1. The van der Waals surface area contributed by atoms with Crippen molar-refractivity contribution in [2.75, 3.05) is 0 Å². The SMILES string of the molecule is CCC(CC(=O)C(C)(C)CC(C)(C)C(C)(C)O)CC(C)(C)CC. The highest BCUT2D eigenvalue weighted by Crippen LogP contribution is 2.43. The summed E-state index contributed by atoms with van der Waals surface area (Å²) in [6, 6.07) is 0. The Morgan fingerprint density at radius 2 is 1.43 bits per heavy atom. The van der Waals surface area contributed by atoms with E-state index in [-0.39, 0.29) is 5.41 Å². The quantitative estimate of drug-likeness (QED) is 0.533. The Bertz CT molecular complexity index is 383. The molecule has 0 amide bonds. The first-order valence-electron chi connectivity index (χ1n) is 9.33. The summed E-state index contributed by atoms with van der Waals surface area (Å²) in [5.74, 6) is 0.801. The van der Waals surface area contributed by atoms with E-state index in [1.54, 1.807) is 0 Å². The standard InChI is InChI=1S/C21H42O2/c1-11-16(14-18(3,4)12-2)13-17(22)19(5,6)15-20(7,8)21(9,10)23/h16,23H,11-15H2,1-10H3. The van der Waals surface area contributed by atoms with Gasteiger partial charge in [-0.25, -0.2) is 0 Å². The Morgan fingerprint density at radius 3 is 1.78 bits per heavy atom. The first-order chi connectivity index (χ1) is 10.1. The van der Waals surface area contributed by atoms with Crippen LogP contribution in [0.15, 0.2) is 0 Å². The molecular formula is C21H42O2. The second-order valence-corrected chi connectivity index (χ2v) is 10.1. The Balaban J connectivity index is 4.99. The summed E-state index contributed by atoms with van der Waals surface area (Å²) in [6.07, 6.45) is 4.68. The summed E-state index contributed by atoms with van der Waals surface area (Å²) in [5, 5.41) is 10.4. The Hall–Kier alpha value is -0.370. The third-order valence-electron chi connectivity index (χ3n) is 6.14. The maximum atomic E-state index is 12.9. The van der Waals surface area contributed by atoms with Gasteiger partial charge in [-0.3, -0.25) is 4.79 Å². The summed E-state index contributed by atoms with van der Waals surface area (Å²) in [6.45, 7) is 20.9. The van der Waals surface area contributed by atoms with Crippen molar-refractivity contribution in [1.29, 1.82) is 0 Å². The highest BCUT2D eigenvalue weighted by molar-refractivity contribution is 5.84. The average Bonchev–Trinajstić information content (AvgIpc) is 2.34. The number of hydrogen-bond donors (Lipinski definition) is 1. The summed E-state index contributed by atoms with van der Waals surface area (Å²) < 4.78 is 0. The van der Waals surface area contributed by atoms with Gasteiger partial charge in [-0.2, -0.15) is 0 Å². The van der Waals surface area contributed by atoms with Gasteiger partial charge in [-0.15, -0.1) is 0 Å². The minimum Gasteiger partial charge on any atom is -0.390 e. The summed E-state index contributed by atoms with van der Waals surface area (Å²) in [7, 11) is 0. The van der Waals surface area contributed by atoms with Gasteiger partial charge in [-0.05, 0) is 43.4 Å². The molecule has 0 fully saturated rings. The van der Waals surface area contributed by atoms with E-state index < -0.39 is 11.0 Å². The maximum Gasteiger partial charge on any atom is 0.138 e. The van der Waals surface area contributed by atoms with E-state index >= 15 is 0 Å². The first-order valence-corrected chi connectivity index (χ1v) is 9.33. The Morgan fingerprint density at radius 1 is 0.957 bits per heavy atom. The summed E-state index contributed by atoms with van der Waals surface area (Å²) >= 11 is 0. The largest absolute Gasteiger partial charge is 0.390 e. The molecule has 1 unspecified atom stereocenters. The van der Waals surface area contributed by atoms with Crippen LogP contribution in [0.3, 0.4) is 0 Å². The monoisotopic (exact) mass is 326 g/mol. The first kappa shape index (κ1) is 22.6. The highest BCUT2D eigenvalue weighted by atomic mass is 16.3. The van der Waals surface area contributed by atoms with Gasteiger partial charge in [-0.1, -0.05) is 68.2 Å². The maximum absolute atomic E-state index is 12.9. The van der Waals surface area contributed by atoms with Crippen LogP contribution in [0.1, 0.15) is 101 Å². The van der Waals surface area contributed by atoms with Crippen LogP contribution in [0.5, 0.6) is 0 Å². The molecule has 0 bridgehead atoms. The van der Waals surface area contributed by atoms with Crippen molar-refractivity contribution in [2.24, 2.45) is 22.2 Å². The van der Waals surface area contributed by atoms with Crippen LogP contribution in [0.4, 0.5) is 0 Å². The summed E-state index contributed by atoms with van der Waals surface area (Å²) in [4.78, 5) is 12.9. The number of hydrogen-bond acceptors (Lipinski definition) is 2. The van der Waals surface area contributed by atoms with E-state index in [1.807, 2.05) is 27.7 Å².